The van der Waals surface area contributed by atoms with Crippen LogP contribution in [0.15, 0.2) is 42.9 Å². The molecule has 1 fully saturated rings. The molecule has 8 heteroatoms. The quantitative estimate of drug-likeness (QED) is 0.821. The van der Waals surface area contributed by atoms with Crippen LogP contribution in [0.2, 0.25) is 0 Å². The number of alkyl halides is 3. The summed E-state index contributed by atoms with van der Waals surface area (Å²) in [5, 5.41) is 2.94. The number of hydrogen-bond acceptors (Lipinski definition) is 4. The fourth-order valence-electron chi connectivity index (χ4n) is 3.50. The maximum Gasteiger partial charge on any atom is 0.416 e. The van der Waals surface area contributed by atoms with Gasteiger partial charge in [-0.1, -0.05) is 32.0 Å². The Bertz CT molecular complexity index is 831. The summed E-state index contributed by atoms with van der Waals surface area (Å²) in [6, 6.07) is 5.29. The summed E-state index contributed by atoms with van der Waals surface area (Å²) in [6.07, 6.45) is 1.99. The second-order valence-electron chi connectivity index (χ2n) is 8.01. The number of carbonyl (C=O) groups excluding carboxylic acids is 1. The second-order valence-corrected chi connectivity index (χ2v) is 8.01. The van der Waals surface area contributed by atoms with E-state index in [4.69, 9.17) is 0 Å². The number of hydrogen-bond donors (Lipinski definition) is 1. The van der Waals surface area contributed by atoms with E-state index in [1.54, 1.807) is 24.7 Å². The molecule has 0 spiro atoms. The van der Waals surface area contributed by atoms with Crippen LogP contribution in [-0.2, 0) is 16.4 Å². The minimum atomic E-state index is -4.38. The highest BCUT2D eigenvalue weighted by molar-refractivity contribution is 5.79. The third-order valence-corrected chi connectivity index (χ3v) is 5.42. The molecule has 0 bridgehead atoms. The van der Waals surface area contributed by atoms with Crippen molar-refractivity contribution in [1.82, 2.24) is 15.3 Å². The van der Waals surface area contributed by atoms with Crippen LogP contribution in [0.1, 0.15) is 37.8 Å². The van der Waals surface area contributed by atoms with E-state index < -0.39 is 17.2 Å². The van der Waals surface area contributed by atoms with Gasteiger partial charge < -0.3 is 10.2 Å². The van der Waals surface area contributed by atoms with E-state index in [-0.39, 0.29) is 18.4 Å². The Labute approximate surface area is 168 Å². The Morgan fingerprint density at radius 2 is 1.86 bits per heavy atom. The van der Waals surface area contributed by atoms with Crippen molar-refractivity contribution >= 4 is 11.7 Å². The van der Waals surface area contributed by atoms with Crippen LogP contribution in [0.3, 0.4) is 0 Å². The first-order chi connectivity index (χ1) is 13.7. The van der Waals surface area contributed by atoms with Gasteiger partial charge in [-0.2, -0.15) is 13.2 Å². The average molecular weight is 406 g/mol. The molecule has 3 rings (SSSR count). The van der Waals surface area contributed by atoms with E-state index in [1.165, 1.54) is 6.07 Å². The SMILES string of the molecule is CC(C)(CNC(=O)C1CCN(c2cnccn2)CC1)c1cccc(C(F)(F)F)c1. The molecule has 1 saturated heterocycles. The van der Waals surface area contributed by atoms with Gasteiger partial charge in [-0.3, -0.25) is 9.78 Å². The van der Waals surface area contributed by atoms with Crippen LogP contribution in [0.25, 0.3) is 0 Å². The normalized spacial score (nSPS) is 16.0. The maximum atomic E-state index is 13.0. The molecule has 156 valence electrons. The van der Waals surface area contributed by atoms with Crippen molar-refractivity contribution in [2.75, 3.05) is 24.5 Å². The zero-order chi connectivity index (χ0) is 21.1. The highest BCUT2D eigenvalue weighted by atomic mass is 19.4. The number of rotatable bonds is 5. The number of aromatic nitrogens is 2. The third-order valence-electron chi connectivity index (χ3n) is 5.42. The number of anilines is 1. The Morgan fingerprint density at radius 1 is 1.17 bits per heavy atom. The standard InChI is InChI=1S/C21H25F3N4O/c1-20(2,16-4-3-5-17(12-16)21(22,23)24)14-27-19(29)15-6-10-28(11-7-15)18-13-25-8-9-26-18/h3-5,8-9,12-13,15H,6-7,10-11,14H2,1-2H3,(H,27,29). The molecule has 0 aliphatic carbocycles. The Hall–Kier alpha value is -2.64. The van der Waals surface area contributed by atoms with Crippen molar-refractivity contribution in [3.8, 4) is 0 Å². The summed E-state index contributed by atoms with van der Waals surface area (Å²) in [7, 11) is 0. The molecule has 5 nitrogen and oxygen atoms in total. The van der Waals surface area contributed by atoms with Gasteiger partial charge in [-0.15, -0.1) is 0 Å². The fraction of sp³-hybridized carbons (Fsp3) is 0.476. The highest BCUT2D eigenvalue weighted by Crippen LogP contribution is 2.32. The van der Waals surface area contributed by atoms with Gasteiger partial charge in [-0.05, 0) is 24.5 Å². The Kier molecular flexibility index (Phi) is 6.10. The molecule has 1 aromatic heterocycles. The van der Waals surface area contributed by atoms with Gasteiger partial charge in [0.05, 0.1) is 11.8 Å². The molecule has 1 aromatic carbocycles. The third kappa shape index (κ3) is 5.25. The average Bonchev–Trinajstić information content (AvgIpc) is 2.72. The molecule has 1 aliphatic heterocycles. The highest BCUT2D eigenvalue weighted by Gasteiger charge is 2.33. The van der Waals surface area contributed by atoms with Crippen molar-refractivity contribution in [3.63, 3.8) is 0 Å². The number of carbonyl (C=O) groups is 1. The van der Waals surface area contributed by atoms with Crippen molar-refractivity contribution in [2.24, 2.45) is 5.92 Å². The van der Waals surface area contributed by atoms with Crippen molar-refractivity contribution < 1.29 is 18.0 Å². The monoisotopic (exact) mass is 406 g/mol. The minimum absolute atomic E-state index is 0.0520. The zero-order valence-electron chi connectivity index (χ0n) is 16.5. The van der Waals surface area contributed by atoms with E-state index in [0.717, 1.165) is 18.0 Å². The lowest BCUT2D eigenvalue weighted by molar-refractivity contribution is -0.137. The summed E-state index contributed by atoms with van der Waals surface area (Å²) in [5.74, 6) is 0.640. The van der Waals surface area contributed by atoms with Gasteiger partial charge >= 0.3 is 6.18 Å². The maximum absolute atomic E-state index is 13.0. The molecular formula is C21H25F3N4O. The second kappa shape index (κ2) is 8.39. The first kappa shape index (κ1) is 21.1. The van der Waals surface area contributed by atoms with Crippen LogP contribution < -0.4 is 10.2 Å². The van der Waals surface area contributed by atoms with Gasteiger partial charge in [0.1, 0.15) is 5.82 Å². The first-order valence-electron chi connectivity index (χ1n) is 9.63. The lowest BCUT2D eigenvalue weighted by Gasteiger charge is -2.33. The van der Waals surface area contributed by atoms with Crippen LogP contribution in [0.4, 0.5) is 19.0 Å². The molecule has 2 heterocycles. The summed E-state index contributed by atoms with van der Waals surface area (Å²) in [4.78, 5) is 23.1. The van der Waals surface area contributed by atoms with Crippen LogP contribution in [0, 0.1) is 5.92 Å². The number of amides is 1. The van der Waals surface area contributed by atoms with E-state index in [1.807, 2.05) is 13.8 Å². The molecule has 0 atom stereocenters. The number of piperidine rings is 1. The molecule has 1 aliphatic rings. The number of halogens is 3. The molecular weight excluding hydrogens is 381 g/mol. The molecule has 0 radical (unpaired) electrons. The topological polar surface area (TPSA) is 58.1 Å². The Balaban J connectivity index is 1.55. The molecule has 1 amide bonds. The van der Waals surface area contributed by atoms with E-state index in [2.05, 4.69) is 20.2 Å². The summed E-state index contributed by atoms with van der Waals surface area (Å²) >= 11 is 0. The van der Waals surface area contributed by atoms with Gasteiger partial charge in [-0.25, -0.2) is 4.98 Å². The molecule has 0 saturated carbocycles. The zero-order valence-corrected chi connectivity index (χ0v) is 16.5. The molecule has 29 heavy (non-hydrogen) atoms. The fourth-order valence-corrected chi connectivity index (χ4v) is 3.50. The van der Waals surface area contributed by atoms with E-state index >= 15 is 0 Å². The van der Waals surface area contributed by atoms with E-state index in [9.17, 15) is 18.0 Å². The van der Waals surface area contributed by atoms with Crippen LogP contribution in [-0.4, -0.2) is 35.5 Å². The van der Waals surface area contributed by atoms with Gasteiger partial charge in [0.2, 0.25) is 5.91 Å². The lowest BCUT2D eigenvalue weighted by atomic mass is 9.83. The van der Waals surface area contributed by atoms with E-state index in [0.29, 0.717) is 31.5 Å². The Morgan fingerprint density at radius 3 is 2.48 bits per heavy atom. The van der Waals surface area contributed by atoms with Gasteiger partial charge in [0, 0.05) is 43.4 Å². The molecule has 1 N–H and O–H groups in total. The first-order valence-corrected chi connectivity index (χ1v) is 9.63. The van der Waals surface area contributed by atoms with Crippen LogP contribution in [0.5, 0.6) is 0 Å². The number of nitrogens with one attached hydrogen (secondary N) is 1. The largest absolute Gasteiger partial charge is 0.416 e. The summed E-state index contributed by atoms with van der Waals surface area (Å²) in [6.45, 7) is 5.37. The molecule has 0 unspecified atom stereocenters. The number of nitrogens with zero attached hydrogens (tertiary/aromatic N) is 3. The van der Waals surface area contributed by atoms with Gasteiger partial charge in [0.15, 0.2) is 0 Å². The van der Waals surface area contributed by atoms with Crippen LogP contribution >= 0.6 is 0 Å². The minimum Gasteiger partial charge on any atom is -0.355 e. The predicted octanol–water partition coefficient (Wildman–Crippen LogP) is 3.81. The number of benzene rings is 1. The molecule has 2 aromatic rings. The van der Waals surface area contributed by atoms with Crippen molar-refractivity contribution in [2.45, 2.75) is 38.3 Å². The van der Waals surface area contributed by atoms with Crippen molar-refractivity contribution in [1.29, 1.82) is 0 Å². The smallest absolute Gasteiger partial charge is 0.355 e. The van der Waals surface area contributed by atoms with Gasteiger partial charge in [0.25, 0.3) is 0 Å². The predicted molar refractivity (Wildman–Crippen MR) is 104 cm³/mol. The lowest BCUT2D eigenvalue weighted by Crippen LogP contribution is -2.44. The summed E-state index contributed by atoms with van der Waals surface area (Å²) in [5.41, 5.74) is -0.743. The summed E-state index contributed by atoms with van der Waals surface area (Å²) < 4.78 is 39.0. The van der Waals surface area contributed by atoms with Crippen molar-refractivity contribution in [3.05, 3.63) is 54.0 Å².